The number of anilines is 1. The molecule has 0 atom stereocenters. The molecular formula is C19H21BrN2O2. The topological polar surface area (TPSA) is 41.6 Å². The minimum absolute atomic E-state index is 0.134. The van der Waals surface area contributed by atoms with Crippen molar-refractivity contribution in [2.45, 2.75) is 19.4 Å². The molecule has 0 bridgehead atoms. The molecule has 1 aliphatic heterocycles. The van der Waals surface area contributed by atoms with Crippen molar-refractivity contribution in [1.29, 1.82) is 0 Å². The lowest BCUT2D eigenvalue weighted by Gasteiger charge is -2.15. The molecule has 1 heterocycles. The van der Waals surface area contributed by atoms with E-state index in [2.05, 4.69) is 38.3 Å². The van der Waals surface area contributed by atoms with Crippen molar-refractivity contribution in [3.8, 4) is 5.75 Å². The van der Waals surface area contributed by atoms with Crippen LogP contribution in [0.4, 0.5) is 5.69 Å². The van der Waals surface area contributed by atoms with Gasteiger partial charge >= 0.3 is 0 Å². The van der Waals surface area contributed by atoms with Crippen LogP contribution in [0.3, 0.4) is 0 Å². The van der Waals surface area contributed by atoms with E-state index >= 15 is 0 Å². The molecule has 2 aromatic rings. The van der Waals surface area contributed by atoms with E-state index in [9.17, 15) is 4.79 Å². The van der Waals surface area contributed by atoms with Crippen molar-refractivity contribution >= 4 is 27.5 Å². The minimum Gasteiger partial charge on any atom is -0.496 e. The highest BCUT2D eigenvalue weighted by molar-refractivity contribution is 9.10. The standard InChI is InChI=1S/C19H21BrN2O2/c1-24-18-9-6-15(12-17(18)20)19(23)21-16-7-4-14(5-8-16)13-22-10-2-3-11-22/h4-9,12H,2-3,10-11,13H2,1H3,(H,21,23). The second kappa shape index (κ2) is 7.81. The lowest BCUT2D eigenvalue weighted by Crippen LogP contribution is -2.18. The average molecular weight is 389 g/mol. The van der Waals surface area contributed by atoms with Crippen LogP contribution in [0.15, 0.2) is 46.9 Å². The number of ether oxygens (including phenoxy) is 1. The Labute approximate surface area is 150 Å². The predicted molar refractivity (Wildman–Crippen MR) is 99.6 cm³/mol. The molecule has 0 unspecified atom stereocenters. The van der Waals surface area contributed by atoms with Gasteiger partial charge in [-0.15, -0.1) is 0 Å². The van der Waals surface area contributed by atoms with Crippen LogP contribution in [0.25, 0.3) is 0 Å². The molecule has 0 aromatic heterocycles. The molecule has 1 amide bonds. The number of halogens is 1. The number of nitrogens with zero attached hydrogens (tertiary/aromatic N) is 1. The number of benzene rings is 2. The predicted octanol–water partition coefficient (Wildman–Crippen LogP) is 4.31. The Balaban J connectivity index is 1.62. The van der Waals surface area contributed by atoms with Gasteiger partial charge in [-0.25, -0.2) is 0 Å². The number of amides is 1. The Hall–Kier alpha value is -1.85. The molecule has 24 heavy (non-hydrogen) atoms. The van der Waals surface area contributed by atoms with E-state index in [1.54, 1.807) is 25.3 Å². The minimum atomic E-state index is -0.134. The molecule has 1 fully saturated rings. The molecule has 0 spiro atoms. The number of methoxy groups -OCH3 is 1. The number of rotatable bonds is 5. The SMILES string of the molecule is COc1ccc(C(=O)Nc2ccc(CN3CCCC3)cc2)cc1Br. The molecular weight excluding hydrogens is 368 g/mol. The van der Waals surface area contributed by atoms with Crippen molar-refractivity contribution in [1.82, 2.24) is 4.90 Å². The van der Waals surface area contributed by atoms with E-state index in [4.69, 9.17) is 4.74 Å². The van der Waals surface area contributed by atoms with Crippen LogP contribution >= 0.6 is 15.9 Å². The van der Waals surface area contributed by atoms with Gasteiger partial charge in [-0.1, -0.05) is 12.1 Å². The Morgan fingerprint density at radius 3 is 2.50 bits per heavy atom. The van der Waals surface area contributed by atoms with Crippen LogP contribution in [-0.2, 0) is 6.54 Å². The zero-order valence-corrected chi connectivity index (χ0v) is 15.3. The van der Waals surface area contributed by atoms with E-state index in [1.165, 1.54) is 31.5 Å². The molecule has 1 N–H and O–H groups in total. The first kappa shape index (κ1) is 17.0. The van der Waals surface area contributed by atoms with Crippen molar-refractivity contribution in [3.05, 3.63) is 58.1 Å². The quantitative estimate of drug-likeness (QED) is 0.829. The zero-order chi connectivity index (χ0) is 16.9. The molecule has 0 radical (unpaired) electrons. The van der Waals surface area contributed by atoms with E-state index in [1.807, 2.05) is 12.1 Å². The van der Waals surface area contributed by atoms with Crippen molar-refractivity contribution in [3.63, 3.8) is 0 Å². The first-order valence-electron chi connectivity index (χ1n) is 8.12. The van der Waals surface area contributed by atoms with Crippen LogP contribution in [0.5, 0.6) is 5.75 Å². The van der Waals surface area contributed by atoms with Crippen molar-refractivity contribution in [2.24, 2.45) is 0 Å². The molecule has 5 heteroatoms. The number of carbonyl (C=O) groups is 1. The maximum atomic E-state index is 12.3. The van der Waals surface area contributed by atoms with E-state index in [0.29, 0.717) is 11.3 Å². The second-order valence-corrected chi connectivity index (χ2v) is 6.84. The lowest BCUT2D eigenvalue weighted by molar-refractivity contribution is 0.102. The van der Waals surface area contributed by atoms with Crippen LogP contribution in [-0.4, -0.2) is 31.0 Å². The highest BCUT2D eigenvalue weighted by atomic mass is 79.9. The lowest BCUT2D eigenvalue weighted by atomic mass is 10.1. The van der Waals surface area contributed by atoms with E-state index in [-0.39, 0.29) is 5.91 Å². The molecule has 0 saturated carbocycles. The zero-order valence-electron chi connectivity index (χ0n) is 13.7. The van der Waals surface area contributed by atoms with Gasteiger partial charge in [-0.05, 0) is 77.8 Å². The maximum Gasteiger partial charge on any atom is 0.255 e. The summed E-state index contributed by atoms with van der Waals surface area (Å²) in [5.41, 5.74) is 2.67. The number of nitrogens with one attached hydrogen (secondary N) is 1. The molecule has 2 aromatic carbocycles. The molecule has 1 saturated heterocycles. The van der Waals surface area contributed by atoms with E-state index in [0.717, 1.165) is 16.7 Å². The van der Waals surface area contributed by atoms with Crippen LogP contribution < -0.4 is 10.1 Å². The van der Waals surface area contributed by atoms with Crippen molar-refractivity contribution < 1.29 is 9.53 Å². The summed E-state index contributed by atoms with van der Waals surface area (Å²) in [6, 6.07) is 13.4. The van der Waals surface area contributed by atoms with Gasteiger partial charge in [0.25, 0.3) is 5.91 Å². The van der Waals surface area contributed by atoms with Gasteiger partial charge in [0.1, 0.15) is 5.75 Å². The van der Waals surface area contributed by atoms with Gasteiger partial charge in [-0.3, -0.25) is 9.69 Å². The van der Waals surface area contributed by atoms with E-state index < -0.39 is 0 Å². The van der Waals surface area contributed by atoms with Gasteiger partial charge in [0, 0.05) is 17.8 Å². The smallest absolute Gasteiger partial charge is 0.255 e. The van der Waals surface area contributed by atoms with Crippen LogP contribution in [0.1, 0.15) is 28.8 Å². The summed E-state index contributed by atoms with van der Waals surface area (Å²) in [5.74, 6) is 0.573. The number of hydrogen-bond acceptors (Lipinski definition) is 3. The van der Waals surface area contributed by atoms with Gasteiger partial charge in [0.05, 0.1) is 11.6 Å². The first-order chi connectivity index (χ1) is 11.7. The fourth-order valence-corrected chi connectivity index (χ4v) is 3.44. The maximum absolute atomic E-state index is 12.3. The first-order valence-corrected chi connectivity index (χ1v) is 8.91. The van der Waals surface area contributed by atoms with Crippen LogP contribution in [0, 0.1) is 0 Å². The summed E-state index contributed by atoms with van der Waals surface area (Å²) in [6.45, 7) is 3.36. The molecule has 0 aliphatic carbocycles. The van der Waals surface area contributed by atoms with Gasteiger partial charge in [0.15, 0.2) is 0 Å². The average Bonchev–Trinajstić information content (AvgIpc) is 3.09. The number of hydrogen-bond donors (Lipinski definition) is 1. The molecule has 3 rings (SSSR count). The summed E-state index contributed by atoms with van der Waals surface area (Å²) >= 11 is 3.40. The summed E-state index contributed by atoms with van der Waals surface area (Å²) in [5, 5.41) is 2.93. The Kier molecular flexibility index (Phi) is 5.53. The fraction of sp³-hybridized carbons (Fsp3) is 0.316. The summed E-state index contributed by atoms with van der Waals surface area (Å²) in [4.78, 5) is 14.8. The largest absolute Gasteiger partial charge is 0.496 e. The number of likely N-dealkylation sites (tertiary alicyclic amines) is 1. The Bertz CT molecular complexity index is 710. The Morgan fingerprint density at radius 1 is 1.17 bits per heavy atom. The second-order valence-electron chi connectivity index (χ2n) is 5.98. The summed E-state index contributed by atoms with van der Waals surface area (Å²) < 4.78 is 5.95. The normalized spacial score (nSPS) is 14.6. The molecule has 1 aliphatic rings. The highest BCUT2D eigenvalue weighted by Gasteiger charge is 2.12. The Morgan fingerprint density at radius 2 is 1.88 bits per heavy atom. The van der Waals surface area contributed by atoms with Crippen molar-refractivity contribution in [2.75, 3.05) is 25.5 Å². The monoisotopic (exact) mass is 388 g/mol. The summed E-state index contributed by atoms with van der Waals surface area (Å²) in [7, 11) is 1.60. The third-order valence-electron chi connectivity index (χ3n) is 4.23. The van der Waals surface area contributed by atoms with Crippen LogP contribution in [0.2, 0.25) is 0 Å². The fourth-order valence-electron chi connectivity index (χ4n) is 2.90. The van der Waals surface area contributed by atoms with Gasteiger partial charge in [0.2, 0.25) is 0 Å². The third-order valence-corrected chi connectivity index (χ3v) is 4.85. The highest BCUT2D eigenvalue weighted by Crippen LogP contribution is 2.26. The number of carbonyl (C=O) groups excluding carboxylic acids is 1. The molecule has 4 nitrogen and oxygen atoms in total. The third kappa shape index (κ3) is 4.16. The molecule has 126 valence electrons. The van der Waals surface area contributed by atoms with Gasteiger partial charge < -0.3 is 10.1 Å². The van der Waals surface area contributed by atoms with Gasteiger partial charge in [-0.2, -0.15) is 0 Å². The summed E-state index contributed by atoms with van der Waals surface area (Å²) in [6.07, 6.45) is 2.59.